The summed E-state index contributed by atoms with van der Waals surface area (Å²) < 4.78 is 0. The minimum absolute atomic E-state index is 0.0965. The van der Waals surface area contributed by atoms with Crippen molar-refractivity contribution in [2.45, 2.75) is 37.8 Å². The Balaban J connectivity index is 2.27. The van der Waals surface area contributed by atoms with Crippen molar-refractivity contribution in [2.24, 2.45) is 11.7 Å². The van der Waals surface area contributed by atoms with E-state index >= 15 is 0 Å². The molecular weight excluding hydrogens is 212 g/mol. The fraction of sp³-hybridized carbons (Fsp3) is 0.800. The van der Waals surface area contributed by atoms with Crippen LogP contribution in [0.15, 0.2) is 0 Å². The number of aliphatic carboxylic acids is 1. The molecule has 5 N–H and O–H groups in total. The van der Waals surface area contributed by atoms with Crippen LogP contribution < -0.4 is 11.1 Å². The van der Waals surface area contributed by atoms with Crippen LogP contribution >= 0.6 is 0 Å². The molecule has 1 amide bonds. The summed E-state index contributed by atoms with van der Waals surface area (Å²) in [4.78, 5) is 21.9. The van der Waals surface area contributed by atoms with Crippen LogP contribution in [0.5, 0.6) is 0 Å². The fourth-order valence-corrected chi connectivity index (χ4v) is 1.81. The highest BCUT2D eigenvalue weighted by Crippen LogP contribution is 2.22. The van der Waals surface area contributed by atoms with Crippen LogP contribution in [0.2, 0.25) is 0 Å². The summed E-state index contributed by atoms with van der Waals surface area (Å²) in [5.41, 5.74) is 5.71. The molecule has 92 valence electrons. The number of hydrogen-bond acceptors (Lipinski definition) is 4. The number of carbonyl (C=O) groups is 2. The molecule has 0 unspecified atom stereocenters. The van der Waals surface area contributed by atoms with E-state index in [0.717, 1.165) is 25.7 Å². The van der Waals surface area contributed by atoms with E-state index < -0.39 is 12.1 Å². The monoisotopic (exact) mass is 230 g/mol. The molecule has 0 spiro atoms. The first kappa shape index (κ1) is 12.9. The van der Waals surface area contributed by atoms with Gasteiger partial charge in [-0.05, 0) is 25.7 Å². The van der Waals surface area contributed by atoms with Crippen LogP contribution in [0.1, 0.15) is 25.7 Å². The van der Waals surface area contributed by atoms with Gasteiger partial charge in [0.2, 0.25) is 5.91 Å². The molecule has 1 rings (SSSR count). The van der Waals surface area contributed by atoms with Crippen molar-refractivity contribution in [3.05, 3.63) is 0 Å². The van der Waals surface area contributed by atoms with E-state index in [-0.39, 0.29) is 24.4 Å². The number of carboxylic acids is 1. The van der Waals surface area contributed by atoms with Crippen molar-refractivity contribution in [2.75, 3.05) is 6.54 Å². The van der Waals surface area contributed by atoms with Gasteiger partial charge < -0.3 is 21.3 Å². The fourth-order valence-electron chi connectivity index (χ4n) is 1.81. The van der Waals surface area contributed by atoms with Gasteiger partial charge in [0.05, 0.1) is 6.54 Å². The molecule has 1 fully saturated rings. The van der Waals surface area contributed by atoms with Crippen LogP contribution in [-0.4, -0.2) is 40.8 Å². The average Bonchev–Trinajstić information content (AvgIpc) is 2.26. The second-order valence-electron chi connectivity index (χ2n) is 4.21. The Labute approximate surface area is 93.8 Å². The van der Waals surface area contributed by atoms with Crippen molar-refractivity contribution in [3.8, 4) is 0 Å². The molecule has 0 bridgehead atoms. The molecule has 0 aromatic rings. The molecule has 0 aromatic heterocycles. The van der Waals surface area contributed by atoms with Crippen LogP contribution in [0.25, 0.3) is 0 Å². The van der Waals surface area contributed by atoms with Crippen molar-refractivity contribution < 1.29 is 19.8 Å². The molecule has 0 aromatic carbocycles. The van der Waals surface area contributed by atoms with Crippen LogP contribution in [-0.2, 0) is 9.59 Å². The molecule has 1 saturated carbocycles. The maximum Gasteiger partial charge on any atom is 0.334 e. The third-order valence-corrected chi connectivity index (χ3v) is 2.90. The van der Waals surface area contributed by atoms with Gasteiger partial charge in [-0.15, -0.1) is 0 Å². The Morgan fingerprint density at radius 1 is 1.31 bits per heavy atom. The van der Waals surface area contributed by atoms with E-state index in [1.807, 2.05) is 0 Å². The lowest BCUT2D eigenvalue weighted by atomic mass is 9.86. The molecule has 6 nitrogen and oxygen atoms in total. The quantitative estimate of drug-likeness (QED) is 0.498. The predicted octanol–water partition coefficient (Wildman–Crippen LogP) is -0.934. The maximum atomic E-state index is 11.6. The molecule has 1 aliphatic rings. The Morgan fingerprint density at radius 3 is 2.38 bits per heavy atom. The van der Waals surface area contributed by atoms with Gasteiger partial charge >= 0.3 is 5.97 Å². The van der Waals surface area contributed by atoms with Gasteiger partial charge in [-0.1, -0.05) is 0 Å². The van der Waals surface area contributed by atoms with Crippen molar-refractivity contribution in [1.82, 2.24) is 5.32 Å². The highest BCUT2D eigenvalue weighted by molar-refractivity contribution is 5.80. The largest absolute Gasteiger partial charge is 0.479 e. The third-order valence-electron chi connectivity index (χ3n) is 2.90. The third kappa shape index (κ3) is 3.79. The first-order valence-corrected chi connectivity index (χ1v) is 5.45. The molecule has 1 atom stereocenters. The first-order valence-electron chi connectivity index (χ1n) is 5.45. The second-order valence-corrected chi connectivity index (χ2v) is 4.21. The summed E-state index contributed by atoms with van der Waals surface area (Å²) >= 11 is 0. The average molecular weight is 230 g/mol. The molecular formula is C10H18N2O4. The smallest absolute Gasteiger partial charge is 0.334 e. The Morgan fingerprint density at radius 2 is 1.88 bits per heavy atom. The lowest BCUT2D eigenvalue weighted by molar-refractivity contribution is -0.146. The first-order chi connectivity index (χ1) is 7.50. The van der Waals surface area contributed by atoms with Gasteiger partial charge in [0.1, 0.15) is 0 Å². The summed E-state index contributed by atoms with van der Waals surface area (Å²) in [6.07, 6.45) is 1.57. The van der Waals surface area contributed by atoms with E-state index in [1.165, 1.54) is 0 Å². The zero-order valence-electron chi connectivity index (χ0n) is 9.06. The standard InChI is InChI=1S/C10H18N2O4/c11-7-3-1-6(2-4-7)9(14)12-5-8(13)10(15)16/h6-8,13H,1-5,11H2,(H,12,14)(H,15,16)/t6?,7?,8-/m0/s1. The maximum absolute atomic E-state index is 11.6. The molecule has 0 radical (unpaired) electrons. The summed E-state index contributed by atoms with van der Waals surface area (Å²) in [7, 11) is 0. The molecule has 1 aliphatic carbocycles. The lowest BCUT2D eigenvalue weighted by Gasteiger charge is -2.25. The van der Waals surface area contributed by atoms with Crippen molar-refractivity contribution >= 4 is 11.9 Å². The zero-order valence-corrected chi connectivity index (χ0v) is 9.06. The van der Waals surface area contributed by atoms with Crippen molar-refractivity contribution in [3.63, 3.8) is 0 Å². The van der Waals surface area contributed by atoms with Gasteiger partial charge in [-0.2, -0.15) is 0 Å². The number of nitrogens with one attached hydrogen (secondary N) is 1. The van der Waals surface area contributed by atoms with Gasteiger partial charge in [0.25, 0.3) is 0 Å². The number of nitrogens with two attached hydrogens (primary N) is 1. The normalized spacial score (nSPS) is 27.1. The number of aliphatic hydroxyl groups excluding tert-OH is 1. The van der Waals surface area contributed by atoms with Gasteiger partial charge in [0, 0.05) is 12.0 Å². The highest BCUT2D eigenvalue weighted by atomic mass is 16.4. The molecule has 6 heteroatoms. The van der Waals surface area contributed by atoms with Gasteiger partial charge in [-0.3, -0.25) is 4.79 Å². The van der Waals surface area contributed by atoms with E-state index in [4.69, 9.17) is 15.9 Å². The molecule has 0 heterocycles. The van der Waals surface area contributed by atoms with E-state index in [1.54, 1.807) is 0 Å². The minimum atomic E-state index is -1.53. The summed E-state index contributed by atoms with van der Waals surface area (Å²) in [6.45, 7) is -0.239. The van der Waals surface area contributed by atoms with Crippen molar-refractivity contribution in [1.29, 1.82) is 0 Å². The number of carboxylic acid groups (broad SMARTS) is 1. The topological polar surface area (TPSA) is 113 Å². The second kappa shape index (κ2) is 5.81. The summed E-state index contributed by atoms with van der Waals surface area (Å²) in [5, 5.41) is 19.8. The number of rotatable bonds is 4. The summed E-state index contributed by atoms with van der Waals surface area (Å²) in [6, 6.07) is 0.175. The van der Waals surface area contributed by atoms with E-state index in [9.17, 15) is 9.59 Å². The van der Waals surface area contributed by atoms with E-state index in [0.29, 0.717) is 0 Å². The molecule has 0 aliphatic heterocycles. The van der Waals surface area contributed by atoms with Gasteiger partial charge in [0.15, 0.2) is 6.10 Å². The Kier molecular flexibility index (Phi) is 4.70. The Bertz CT molecular complexity index is 262. The zero-order chi connectivity index (χ0) is 12.1. The van der Waals surface area contributed by atoms with Crippen LogP contribution in [0, 0.1) is 5.92 Å². The Hall–Kier alpha value is -1.14. The number of carbonyl (C=O) groups excluding carboxylic acids is 1. The lowest BCUT2D eigenvalue weighted by Crippen LogP contribution is -2.41. The summed E-state index contributed by atoms with van der Waals surface area (Å²) in [5.74, 6) is -1.61. The SMILES string of the molecule is NC1CCC(C(=O)NC[C@H](O)C(=O)O)CC1. The van der Waals surface area contributed by atoms with Crippen LogP contribution in [0.4, 0.5) is 0 Å². The number of amides is 1. The molecule has 0 saturated heterocycles. The number of hydrogen-bond donors (Lipinski definition) is 4. The van der Waals surface area contributed by atoms with Crippen LogP contribution in [0.3, 0.4) is 0 Å². The minimum Gasteiger partial charge on any atom is -0.479 e. The van der Waals surface area contributed by atoms with Gasteiger partial charge in [-0.25, -0.2) is 4.79 Å². The predicted molar refractivity (Wildman–Crippen MR) is 56.6 cm³/mol. The molecule has 16 heavy (non-hydrogen) atoms. The highest BCUT2D eigenvalue weighted by Gasteiger charge is 2.25. The number of aliphatic hydroxyl groups is 1. The van der Waals surface area contributed by atoms with E-state index in [2.05, 4.69) is 5.32 Å².